The van der Waals surface area contributed by atoms with E-state index in [0.717, 1.165) is 4.47 Å². The number of rotatable bonds is 2. The molecule has 0 nitrogen and oxygen atoms in total. The molecule has 0 amide bonds. The van der Waals surface area contributed by atoms with Crippen molar-refractivity contribution in [3.8, 4) is 0 Å². The Morgan fingerprint density at radius 3 is 1.96 bits per heavy atom. The van der Waals surface area contributed by atoms with Gasteiger partial charge in [-0.15, -0.1) is 0 Å². The Morgan fingerprint density at radius 2 is 1.33 bits per heavy atom. The summed E-state index contributed by atoms with van der Waals surface area (Å²) in [4.78, 5) is 0. The molecular formula is C23H23Br. The van der Waals surface area contributed by atoms with Crippen LogP contribution in [0, 0.1) is 27.7 Å². The maximum absolute atomic E-state index is 3.50. The number of fused-ring (bicyclic) bond motifs is 1. The average Bonchev–Trinajstić information content (AvgIpc) is 2.58. The van der Waals surface area contributed by atoms with Gasteiger partial charge in [-0.2, -0.15) is 0 Å². The van der Waals surface area contributed by atoms with Crippen LogP contribution >= 0.6 is 15.9 Å². The SMILES string of the molecule is CC(=Cc1ccc2c(C)c(C)c(C)c(C)c2c1)c1ccc(Br)cc1. The third-order valence-electron chi connectivity index (χ3n) is 5.22. The van der Waals surface area contributed by atoms with Crippen LogP contribution in [0.5, 0.6) is 0 Å². The number of hydrogen-bond donors (Lipinski definition) is 0. The summed E-state index contributed by atoms with van der Waals surface area (Å²) in [5.74, 6) is 0. The van der Waals surface area contributed by atoms with Crippen molar-refractivity contribution in [2.75, 3.05) is 0 Å². The predicted octanol–water partition coefficient (Wildman–Crippen LogP) is 7.40. The van der Waals surface area contributed by atoms with Gasteiger partial charge in [0, 0.05) is 4.47 Å². The van der Waals surface area contributed by atoms with Crippen molar-refractivity contribution in [2.45, 2.75) is 34.6 Å². The summed E-state index contributed by atoms with van der Waals surface area (Å²) in [7, 11) is 0. The third kappa shape index (κ3) is 3.06. The van der Waals surface area contributed by atoms with Crippen LogP contribution in [0.3, 0.4) is 0 Å². The van der Waals surface area contributed by atoms with Gasteiger partial charge in [-0.25, -0.2) is 0 Å². The molecule has 0 unspecified atom stereocenters. The van der Waals surface area contributed by atoms with E-state index in [1.165, 1.54) is 49.7 Å². The van der Waals surface area contributed by atoms with Gasteiger partial charge in [0.25, 0.3) is 0 Å². The largest absolute Gasteiger partial charge is 0.0543 e. The first kappa shape index (κ1) is 17.0. The molecule has 0 N–H and O–H groups in total. The lowest BCUT2D eigenvalue weighted by molar-refractivity contribution is 1.25. The lowest BCUT2D eigenvalue weighted by Crippen LogP contribution is -1.94. The summed E-state index contributed by atoms with van der Waals surface area (Å²) < 4.78 is 1.11. The molecule has 0 saturated heterocycles. The number of halogens is 1. The van der Waals surface area contributed by atoms with Gasteiger partial charge >= 0.3 is 0 Å². The molecule has 0 heterocycles. The van der Waals surface area contributed by atoms with Gasteiger partial charge in [-0.1, -0.05) is 46.3 Å². The fourth-order valence-electron chi connectivity index (χ4n) is 3.30. The highest BCUT2D eigenvalue weighted by molar-refractivity contribution is 9.10. The van der Waals surface area contributed by atoms with E-state index in [4.69, 9.17) is 0 Å². The van der Waals surface area contributed by atoms with Crippen molar-refractivity contribution in [2.24, 2.45) is 0 Å². The molecule has 0 aliphatic carbocycles. The van der Waals surface area contributed by atoms with Crippen LogP contribution in [0.4, 0.5) is 0 Å². The zero-order valence-corrected chi connectivity index (χ0v) is 16.6. The highest BCUT2D eigenvalue weighted by Crippen LogP contribution is 2.30. The van der Waals surface area contributed by atoms with Crippen molar-refractivity contribution in [3.05, 3.63) is 80.3 Å². The maximum atomic E-state index is 3.50. The number of hydrogen-bond acceptors (Lipinski definition) is 0. The molecule has 0 aliphatic rings. The van der Waals surface area contributed by atoms with Crippen molar-refractivity contribution in [3.63, 3.8) is 0 Å². The van der Waals surface area contributed by atoms with Crippen LogP contribution in [0.2, 0.25) is 0 Å². The van der Waals surface area contributed by atoms with Gasteiger partial charge < -0.3 is 0 Å². The van der Waals surface area contributed by atoms with Gasteiger partial charge in [0.15, 0.2) is 0 Å². The van der Waals surface area contributed by atoms with Crippen LogP contribution in [-0.4, -0.2) is 0 Å². The summed E-state index contributed by atoms with van der Waals surface area (Å²) in [5, 5.41) is 2.74. The van der Waals surface area contributed by atoms with Crippen LogP contribution in [-0.2, 0) is 0 Å². The molecule has 1 heteroatoms. The van der Waals surface area contributed by atoms with Crippen molar-refractivity contribution >= 4 is 38.4 Å². The second-order valence-corrected chi connectivity index (χ2v) is 7.55. The number of benzene rings is 3. The Kier molecular flexibility index (Phi) is 4.64. The Balaban J connectivity index is 2.11. The summed E-state index contributed by atoms with van der Waals surface area (Å²) in [6.07, 6.45) is 2.27. The minimum absolute atomic E-state index is 1.11. The lowest BCUT2D eigenvalue weighted by atomic mass is 9.90. The molecule has 0 bridgehead atoms. The second kappa shape index (κ2) is 6.57. The minimum atomic E-state index is 1.11. The van der Waals surface area contributed by atoms with Gasteiger partial charge in [0.2, 0.25) is 0 Å². The van der Waals surface area contributed by atoms with Crippen molar-refractivity contribution in [1.29, 1.82) is 0 Å². The molecule has 0 fully saturated rings. The van der Waals surface area contributed by atoms with Crippen LogP contribution in [0.25, 0.3) is 22.4 Å². The van der Waals surface area contributed by atoms with Crippen LogP contribution in [0.1, 0.15) is 40.3 Å². The highest BCUT2D eigenvalue weighted by atomic mass is 79.9. The molecule has 0 aromatic heterocycles. The smallest absolute Gasteiger partial charge is 0.0175 e. The fraction of sp³-hybridized carbons (Fsp3) is 0.217. The Morgan fingerprint density at radius 1 is 0.750 bits per heavy atom. The minimum Gasteiger partial charge on any atom is -0.0543 e. The van der Waals surface area contributed by atoms with E-state index in [0.29, 0.717) is 0 Å². The molecule has 24 heavy (non-hydrogen) atoms. The number of allylic oxidation sites excluding steroid dienone is 1. The standard InChI is InChI=1S/C23H23Br/c1-14(20-7-9-21(24)10-8-20)12-19-6-11-22-17(4)15(2)16(3)18(5)23(22)13-19/h6-13H,1-5H3. The topological polar surface area (TPSA) is 0 Å². The second-order valence-electron chi connectivity index (χ2n) is 6.64. The zero-order chi connectivity index (χ0) is 17.4. The fourth-order valence-corrected chi connectivity index (χ4v) is 3.57. The molecule has 0 aliphatic heterocycles. The number of aryl methyl sites for hydroxylation is 2. The van der Waals surface area contributed by atoms with E-state index in [2.05, 4.69) is 99.1 Å². The first-order valence-electron chi connectivity index (χ1n) is 8.33. The van der Waals surface area contributed by atoms with Crippen molar-refractivity contribution in [1.82, 2.24) is 0 Å². The molecular weight excluding hydrogens is 356 g/mol. The predicted molar refractivity (Wildman–Crippen MR) is 111 cm³/mol. The lowest BCUT2D eigenvalue weighted by Gasteiger charge is -2.14. The monoisotopic (exact) mass is 378 g/mol. The van der Waals surface area contributed by atoms with Crippen LogP contribution < -0.4 is 0 Å². The quantitative estimate of drug-likeness (QED) is 0.407. The summed E-state index contributed by atoms with van der Waals surface area (Å²) in [6.45, 7) is 11.1. The first-order chi connectivity index (χ1) is 11.4. The molecule has 0 saturated carbocycles. The molecule has 0 radical (unpaired) electrons. The van der Waals surface area contributed by atoms with E-state index >= 15 is 0 Å². The summed E-state index contributed by atoms with van der Waals surface area (Å²) in [5.41, 5.74) is 9.40. The Bertz CT molecular complexity index is 944. The summed E-state index contributed by atoms with van der Waals surface area (Å²) in [6, 6.07) is 15.3. The molecule has 0 spiro atoms. The van der Waals surface area contributed by atoms with E-state index in [9.17, 15) is 0 Å². The molecule has 0 atom stereocenters. The first-order valence-corrected chi connectivity index (χ1v) is 9.12. The van der Waals surface area contributed by atoms with Gasteiger partial charge in [-0.3, -0.25) is 0 Å². The Hall–Kier alpha value is -1.86. The zero-order valence-electron chi connectivity index (χ0n) is 15.0. The van der Waals surface area contributed by atoms with Gasteiger partial charge in [-0.05, 0) is 103 Å². The van der Waals surface area contributed by atoms with E-state index in [1.54, 1.807) is 0 Å². The normalized spacial score (nSPS) is 12.0. The highest BCUT2D eigenvalue weighted by Gasteiger charge is 2.09. The molecule has 3 aromatic rings. The molecule has 3 rings (SSSR count). The van der Waals surface area contributed by atoms with Crippen LogP contribution in [0.15, 0.2) is 46.9 Å². The van der Waals surface area contributed by atoms with E-state index in [1.807, 2.05) is 0 Å². The maximum Gasteiger partial charge on any atom is 0.0175 e. The average molecular weight is 379 g/mol. The van der Waals surface area contributed by atoms with E-state index < -0.39 is 0 Å². The molecule has 3 aromatic carbocycles. The van der Waals surface area contributed by atoms with Crippen molar-refractivity contribution < 1.29 is 0 Å². The van der Waals surface area contributed by atoms with Gasteiger partial charge in [0.1, 0.15) is 0 Å². The Labute approximate surface area is 153 Å². The summed E-state index contributed by atoms with van der Waals surface area (Å²) >= 11 is 3.50. The van der Waals surface area contributed by atoms with E-state index in [-0.39, 0.29) is 0 Å². The molecule has 122 valence electrons. The van der Waals surface area contributed by atoms with Gasteiger partial charge in [0.05, 0.1) is 0 Å². The third-order valence-corrected chi connectivity index (χ3v) is 5.75.